The van der Waals surface area contributed by atoms with Crippen LogP contribution < -0.4 is 16.0 Å². The van der Waals surface area contributed by atoms with Crippen LogP contribution in [0.25, 0.3) is 0 Å². The van der Waals surface area contributed by atoms with Gasteiger partial charge in [0.2, 0.25) is 5.91 Å². The molecule has 3 rings (SSSR count). The van der Waals surface area contributed by atoms with Gasteiger partial charge in [-0.1, -0.05) is 6.07 Å². The molecule has 0 bridgehead atoms. The van der Waals surface area contributed by atoms with E-state index in [-0.39, 0.29) is 24.5 Å². The maximum Gasteiger partial charge on any atom is 0.324 e. The van der Waals surface area contributed by atoms with E-state index in [1.807, 2.05) is 6.92 Å². The first-order chi connectivity index (χ1) is 13.7. The second-order valence-corrected chi connectivity index (χ2v) is 7.51. The van der Waals surface area contributed by atoms with Crippen molar-refractivity contribution in [3.8, 4) is 0 Å². The van der Waals surface area contributed by atoms with Crippen LogP contribution in [0.3, 0.4) is 0 Å². The Hall–Kier alpha value is -2.17. The number of nitrogens with zero attached hydrogens (tertiary/aromatic N) is 3. The van der Waals surface area contributed by atoms with Gasteiger partial charge in [-0.25, -0.2) is 4.79 Å². The van der Waals surface area contributed by atoms with E-state index in [9.17, 15) is 9.59 Å². The lowest BCUT2D eigenvalue weighted by Crippen LogP contribution is -2.44. The van der Waals surface area contributed by atoms with Crippen molar-refractivity contribution in [2.45, 2.75) is 13.0 Å². The minimum Gasteiger partial charge on any atom is -0.379 e. The zero-order valence-electron chi connectivity index (χ0n) is 16.1. The molecule has 0 aromatic carbocycles. The van der Waals surface area contributed by atoms with Crippen molar-refractivity contribution < 1.29 is 14.3 Å². The van der Waals surface area contributed by atoms with Gasteiger partial charge in [0.25, 0.3) is 0 Å². The number of urea groups is 1. The summed E-state index contributed by atoms with van der Waals surface area (Å²) < 4.78 is 5.49. The Bertz CT molecular complexity index is 659. The summed E-state index contributed by atoms with van der Waals surface area (Å²) in [6, 6.07) is 4.10. The molecule has 9 nitrogen and oxygen atoms in total. The van der Waals surface area contributed by atoms with Gasteiger partial charge in [-0.3, -0.25) is 19.6 Å². The van der Waals surface area contributed by atoms with Gasteiger partial charge in [-0.05, 0) is 18.4 Å². The van der Waals surface area contributed by atoms with E-state index in [0.717, 1.165) is 32.8 Å². The molecule has 2 saturated heterocycles. The van der Waals surface area contributed by atoms with Crippen LogP contribution in [-0.4, -0.2) is 86.7 Å². The Morgan fingerprint density at radius 2 is 2.18 bits per heavy atom. The normalized spacial score (nSPS) is 19.6. The molecule has 154 valence electrons. The molecule has 3 heterocycles. The summed E-state index contributed by atoms with van der Waals surface area (Å²) in [5.74, 6) is 0.489. The third-order valence-electron chi connectivity index (χ3n) is 4.69. The Morgan fingerprint density at radius 1 is 1.36 bits per heavy atom. The molecule has 0 aliphatic carbocycles. The largest absolute Gasteiger partial charge is 0.379 e. The number of thiophene rings is 1. The van der Waals surface area contributed by atoms with Gasteiger partial charge < -0.3 is 20.7 Å². The molecule has 10 heteroatoms. The number of imide groups is 1. The number of nitrogens with one attached hydrogen (secondary N) is 3. The summed E-state index contributed by atoms with van der Waals surface area (Å²) in [6.45, 7) is 7.49. The second-order valence-electron chi connectivity index (χ2n) is 6.53. The van der Waals surface area contributed by atoms with Gasteiger partial charge in [0.05, 0.1) is 32.3 Å². The lowest BCUT2D eigenvalue weighted by atomic mass is 10.2. The van der Waals surface area contributed by atoms with E-state index in [2.05, 4.69) is 38.4 Å². The lowest BCUT2D eigenvalue weighted by Gasteiger charge is -2.33. The smallest absolute Gasteiger partial charge is 0.324 e. The van der Waals surface area contributed by atoms with Crippen LogP contribution in [0.2, 0.25) is 0 Å². The van der Waals surface area contributed by atoms with Crippen molar-refractivity contribution in [3.63, 3.8) is 0 Å². The molecule has 2 aliphatic heterocycles. The third-order valence-corrected chi connectivity index (χ3v) is 5.66. The molecule has 2 aliphatic rings. The summed E-state index contributed by atoms with van der Waals surface area (Å²) in [7, 11) is 0. The molecule has 0 spiro atoms. The molecule has 1 aromatic rings. The maximum absolute atomic E-state index is 11.7. The SMILES string of the molecule is CCNC(=NCC(c1cccs1)N1CCOCC1)NCCN1C(=O)CNC1=O. The number of hydrogen-bond donors (Lipinski definition) is 3. The van der Waals surface area contributed by atoms with Crippen LogP contribution in [0.4, 0.5) is 4.79 Å². The number of ether oxygens (including phenoxy) is 1. The number of hydrogen-bond acceptors (Lipinski definition) is 6. The van der Waals surface area contributed by atoms with Crippen molar-refractivity contribution in [1.82, 2.24) is 25.8 Å². The highest BCUT2D eigenvalue weighted by molar-refractivity contribution is 7.10. The van der Waals surface area contributed by atoms with Crippen molar-refractivity contribution in [2.24, 2.45) is 4.99 Å². The molecule has 0 saturated carbocycles. The van der Waals surface area contributed by atoms with Gasteiger partial charge in [0, 0.05) is 37.6 Å². The van der Waals surface area contributed by atoms with Crippen LogP contribution >= 0.6 is 11.3 Å². The number of rotatable bonds is 8. The zero-order chi connectivity index (χ0) is 19.8. The monoisotopic (exact) mass is 408 g/mol. The number of aliphatic imine (C=N–C) groups is 1. The molecular formula is C18H28N6O3S. The quantitative estimate of drug-likeness (QED) is 0.324. The van der Waals surface area contributed by atoms with E-state index < -0.39 is 0 Å². The summed E-state index contributed by atoms with van der Waals surface area (Å²) in [5, 5.41) is 11.1. The Balaban J connectivity index is 1.59. The van der Waals surface area contributed by atoms with Crippen molar-refractivity contribution >= 4 is 29.2 Å². The van der Waals surface area contributed by atoms with E-state index in [0.29, 0.717) is 25.6 Å². The van der Waals surface area contributed by atoms with Gasteiger partial charge in [-0.15, -0.1) is 11.3 Å². The fraction of sp³-hybridized carbons (Fsp3) is 0.611. The average molecular weight is 409 g/mol. The topological polar surface area (TPSA) is 98.3 Å². The molecule has 3 N–H and O–H groups in total. The minimum atomic E-state index is -0.334. The highest BCUT2D eigenvalue weighted by atomic mass is 32.1. The first-order valence-corrected chi connectivity index (χ1v) is 10.5. The summed E-state index contributed by atoms with van der Waals surface area (Å²) >= 11 is 1.74. The highest BCUT2D eigenvalue weighted by Crippen LogP contribution is 2.26. The van der Waals surface area contributed by atoms with Gasteiger partial charge in [0.15, 0.2) is 5.96 Å². The van der Waals surface area contributed by atoms with Crippen LogP contribution in [0.15, 0.2) is 22.5 Å². The predicted molar refractivity (Wildman–Crippen MR) is 109 cm³/mol. The standard InChI is InChI=1S/C18H28N6O3S/c1-2-19-17(20-5-6-24-16(25)13-22-18(24)26)21-12-14(15-4-3-11-28-15)23-7-9-27-10-8-23/h3-4,11,14H,2,5-10,12-13H2,1H3,(H,22,26)(H2,19,20,21). The number of amides is 3. The number of carbonyl (C=O) groups is 2. The molecule has 2 fully saturated rings. The molecule has 0 radical (unpaired) electrons. The van der Waals surface area contributed by atoms with Crippen LogP contribution in [-0.2, 0) is 9.53 Å². The molecule has 3 amide bonds. The number of carbonyl (C=O) groups excluding carboxylic acids is 2. The summed E-state index contributed by atoms with van der Waals surface area (Å²) in [6.07, 6.45) is 0. The maximum atomic E-state index is 11.7. The molecule has 1 aromatic heterocycles. The molecule has 28 heavy (non-hydrogen) atoms. The lowest BCUT2D eigenvalue weighted by molar-refractivity contribution is -0.124. The van der Waals surface area contributed by atoms with Crippen LogP contribution in [0.1, 0.15) is 17.8 Å². The fourth-order valence-electron chi connectivity index (χ4n) is 3.24. The van der Waals surface area contributed by atoms with Crippen molar-refractivity contribution in [2.75, 3.05) is 59.0 Å². The highest BCUT2D eigenvalue weighted by Gasteiger charge is 2.28. The van der Waals surface area contributed by atoms with Gasteiger partial charge in [0.1, 0.15) is 0 Å². The molecule has 1 unspecified atom stereocenters. The van der Waals surface area contributed by atoms with Crippen LogP contribution in [0.5, 0.6) is 0 Å². The fourth-order valence-corrected chi connectivity index (χ4v) is 4.09. The van der Waals surface area contributed by atoms with Gasteiger partial charge >= 0.3 is 6.03 Å². The number of morpholine rings is 1. The Labute approximate surface area is 169 Å². The average Bonchev–Trinajstić information content (AvgIpc) is 3.34. The Morgan fingerprint density at radius 3 is 2.82 bits per heavy atom. The predicted octanol–water partition coefficient (Wildman–Crippen LogP) is 0.228. The summed E-state index contributed by atoms with van der Waals surface area (Å²) in [5.41, 5.74) is 0. The van der Waals surface area contributed by atoms with Crippen LogP contribution in [0, 0.1) is 0 Å². The van der Waals surface area contributed by atoms with E-state index in [1.165, 1.54) is 9.78 Å². The Kier molecular flexibility index (Phi) is 7.63. The first-order valence-electron chi connectivity index (χ1n) is 9.64. The van der Waals surface area contributed by atoms with Crippen molar-refractivity contribution in [3.05, 3.63) is 22.4 Å². The third kappa shape index (κ3) is 5.43. The second kappa shape index (κ2) is 10.4. The zero-order valence-corrected chi connectivity index (χ0v) is 17.0. The number of guanidine groups is 1. The summed E-state index contributed by atoms with van der Waals surface area (Å²) in [4.78, 5) is 33.0. The molecule has 1 atom stereocenters. The van der Waals surface area contributed by atoms with E-state index in [4.69, 9.17) is 9.73 Å². The van der Waals surface area contributed by atoms with E-state index >= 15 is 0 Å². The molecular weight excluding hydrogens is 380 g/mol. The van der Waals surface area contributed by atoms with E-state index in [1.54, 1.807) is 11.3 Å². The van der Waals surface area contributed by atoms with Gasteiger partial charge in [-0.2, -0.15) is 0 Å². The first kappa shape index (κ1) is 20.6. The van der Waals surface area contributed by atoms with Crippen molar-refractivity contribution in [1.29, 1.82) is 0 Å². The minimum absolute atomic E-state index is 0.0784.